The van der Waals surface area contributed by atoms with Gasteiger partial charge in [0.2, 0.25) is 0 Å². The van der Waals surface area contributed by atoms with E-state index in [1.165, 1.54) is 12.1 Å². The molecule has 6 rings (SSSR count). The van der Waals surface area contributed by atoms with Gasteiger partial charge in [-0.3, -0.25) is 9.89 Å². The molecule has 0 bridgehead atoms. The van der Waals surface area contributed by atoms with Crippen LogP contribution in [0.2, 0.25) is 5.02 Å². The maximum absolute atomic E-state index is 13.7. The van der Waals surface area contributed by atoms with Gasteiger partial charge in [0.15, 0.2) is 5.65 Å². The summed E-state index contributed by atoms with van der Waals surface area (Å²) in [5.74, 6) is -0.772. The summed E-state index contributed by atoms with van der Waals surface area (Å²) in [5.41, 5.74) is 5.26. The lowest BCUT2D eigenvalue weighted by molar-refractivity contribution is 0.0526. The molecule has 2 aromatic carbocycles. The van der Waals surface area contributed by atoms with E-state index in [4.69, 9.17) is 11.6 Å². The van der Waals surface area contributed by atoms with E-state index in [0.29, 0.717) is 35.7 Å². The van der Waals surface area contributed by atoms with Gasteiger partial charge in [-0.25, -0.2) is 9.37 Å². The normalized spacial score (nSPS) is 14.3. The summed E-state index contributed by atoms with van der Waals surface area (Å²) in [6, 6.07) is 17.4. The molecule has 7 nitrogen and oxygen atoms in total. The smallest absolute Gasteiger partial charge is 0.271 e. The molecule has 0 saturated carbocycles. The number of pyridine rings is 1. The molecule has 1 aliphatic heterocycles. The Morgan fingerprint density at radius 3 is 2.67 bits per heavy atom. The lowest BCUT2D eigenvalue weighted by atomic mass is 10.0. The molecule has 1 amide bonds. The van der Waals surface area contributed by atoms with Gasteiger partial charge in [-0.1, -0.05) is 48.0 Å². The second-order valence-electron chi connectivity index (χ2n) is 8.74. The third-order valence-electron chi connectivity index (χ3n) is 6.63. The number of nitrogens with one attached hydrogen (secondary N) is 1. The van der Waals surface area contributed by atoms with Gasteiger partial charge in [0.1, 0.15) is 17.2 Å². The van der Waals surface area contributed by atoms with Crippen molar-refractivity contribution in [3.05, 3.63) is 95.2 Å². The van der Waals surface area contributed by atoms with Crippen LogP contribution in [-0.2, 0) is 6.54 Å². The average Bonchev–Trinajstić information content (AvgIpc) is 3.52. The minimum atomic E-state index is -0.633. The number of aliphatic hydroxyl groups is 1. The molecule has 0 spiro atoms. The van der Waals surface area contributed by atoms with E-state index in [1.807, 2.05) is 59.4 Å². The third-order valence-corrected chi connectivity index (χ3v) is 6.92. The number of hydrogen-bond acceptors (Lipinski definition) is 4. The molecule has 0 saturated heterocycles. The van der Waals surface area contributed by atoms with Gasteiger partial charge in [-0.05, 0) is 35.4 Å². The van der Waals surface area contributed by atoms with Crippen molar-refractivity contribution < 1.29 is 14.3 Å². The van der Waals surface area contributed by atoms with Crippen molar-refractivity contribution in [3.8, 4) is 22.4 Å². The molecule has 2 N–H and O–H groups in total. The molecule has 1 aliphatic rings. The summed E-state index contributed by atoms with van der Waals surface area (Å²) >= 11 is 5.95. The van der Waals surface area contributed by atoms with E-state index in [-0.39, 0.29) is 17.5 Å². The number of nitrogens with zero attached hydrogens (tertiary/aromatic N) is 4. The van der Waals surface area contributed by atoms with Gasteiger partial charge < -0.3 is 14.6 Å². The first-order valence-electron chi connectivity index (χ1n) is 11.5. The molecule has 9 heteroatoms. The Bertz CT molecular complexity index is 1600. The highest BCUT2D eigenvalue weighted by molar-refractivity contribution is 6.30. The lowest BCUT2D eigenvalue weighted by Gasteiger charge is -2.34. The number of aromatic nitrogens is 4. The number of hydrogen-bond donors (Lipinski definition) is 2. The number of H-pyrrole nitrogens is 1. The Balaban J connectivity index is 1.35. The van der Waals surface area contributed by atoms with E-state index in [0.717, 1.165) is 22.1 Å². The average molecular weight is 502 g/mol. The number of amides is 1. The van der Waals surface area contributed by atoms with Gasteiger partial charge in [0.05, 0.1) is 17.7 Å². The molecule has 4 heterocycles. The van der Waals surface area contributed by atoms with Crippen LogP contribution >= 0.6 is 11.6 Å². The highest BCUT2D eigenvalue weighted by atomic mass is 35.5. The number of halogens is 2. The highest BCUT2D eigenvalue weighted by Gasteiger charge is 2.32. The van der Waals surface area contributed by atoms with Gasteiger partial charge in [-0.2, -0.15) is 5.10 Å². The van der Waals surface area contributed by atoms with Crippen LogP contribution in [0.4, 0.5) is 4.39 Å². The molecule has 0 radical (unpaired) electrons. The predicted octanol–water partition coefficient (Wildman–Crippen LogP) is 5.08. The summed E-state index contributed by atoms with van der Waals surface area (Å²) in [6.45, 7) is 0.628. The highest BCUT2D eigenvalue weighted by Crippen LogP contribution is 2.33. The number of aromatic amines is 1. The quantitative estimate of drug-likeness (QED) is 0.352. The molecule has 180 valence electrons. The SMILES string of the molecule is O=C1c2cc(-c3n[nH]c4ncc(-c5ccccc5)cc34)cn2CCN1[C@@H](CO)c1ccc(F)c(Cl)c1. The van der Waals surface area contributed by atoms with E-state index in [1.54, 1.807) is 11.0 Å². The summed E-state index contributed by atoms with van der Waals surface area (Å²) in [6.07, 6.45) is 3.72. The van der Waals surface area contributed by atoms with Gasteiger partial charge >= 0.3 is 0 Å². The third kappa shape index (κ3) is 3.75. The maximum atomic E-state index is 13.7. The van der Waals surface area contributed by atoms with Crippen LogP contribution in [0.15, 0.2) is 73.1 Å². The van der Waals surface area contributed by atoms with Crippen LogP contribution in [0.25, 0.3) is 33.4 Å². The van der Waals surface area contributed by atoms with Crippen LogP contribution in [0, 0.1) is 5.82 Å². The fraction of sp³-hybridized carbons (Fsp3) is 0.148. The topological polar surface area (TPSA) is 87.0 Å². The Hall–Kier alpha value is -4.01. The Kier molecular flexibility index (Phi) is 5.55. The zero-order valence-corrected chi connectivity index (χ0v) is 19.8. The number of benzene rings is 2. The second kappa shape index (κ2) is 8.89. The molecular weight excluding hydrogens is 481 g/mol. The minimum absolute atomic E-state index is 0.0463. The summed E-state index contributed by atoms with van der Waals surface area (Å²) < 4.78 is 15.6. The molecule has 3 aromatic heterocycles. The first-order chi connectivity index (χ1) is 17.5. The fourth-order valence-corrected chi connectivity index (χ4v) is 4.97. The van der Waals surface area contributed by atoms with Crippen molar-refractivity contribution in [1.82, 2.24) is 24.6 Å². The number of carbonyl (C=O) groups is 1. The molecule has 0 unspecified atom stereocenters. The van der Waals surface area contributed by atoms with Crippen LogP contribution in [0.1, 0.15) is 22.1 Å². The largest absolute Gasteiger partial charge is 0.394 e. The van der Waals surface area contributed by atoms with E-state index in [2.05, 4.69) is 15.2 Å². The number of rotatable bonds is 5. The van der Waals surface area contributed by atoms with Crippen molar-refractivity contribution in [3.63, 3.8) is 0 Å². The molecule has 0 aliphatic carbocycles. The maximum Gasteiger partial charge on any atom is 0.271 e. The van der Waals surface area contributed by atoms with Crippen molar-refractivity contribution in [1.29, 1.82) is 0 Å². The fourth-order valence-electron chi connectivity index (χ4n) is 4.78. The summed E-state index contributed by atoms with van der Waals surface area (Å²) in [5, 5.41) is 18.4. The van der Waals surface area contributed by atoms with Crippen molar-refractivity contribution in [2.45, 2.75) is 12.6 Å². The Labute approximate surface area is 210 Å². The van der Waals surface area contributed by atoms with Crippen molar-refractivity contribution >= 4 is 28.5 Å². The van der Waals surface area contributed by atoms with Gasteiger partial charge in [0, 0.05) is 42.0 Å². The standard InChI is InChI=1S/C27H21ClFN5O2/c28-21-11-17(6-7-22(21)29)24(15-35)34-9-8-33-14-19(12-23(33)27(34)36)25-20-10-18(13-30-26(20)32-31-25)16-4-2-1-3-5-16/h1-7,10-14,24,35H,8-9,15H2,(H,30,31,32)/t24-/m0/s1. The van der Waals surface area contributed by atoms with Gasteiger partial charge in [-0.15, -0.1) is 0 Å². The molecular formula is C27H21ClFN5O2. The minimum Gasteiger partial charge on any atom is -0.394 e. The van der Waals surface area contributed by atoms with Crippen LogP contribution < -0.4 is 0 Å². The second-order valence-corrected chi connectivity index (χ2v) is 9.14. The lowest BCUT2D eigenvalue weighted by Crippen LogP contribution is -2.43. The zero-order chi connectivity index (χ0) is 24.8. The zero-order valence-electron chi connectivity index (χ0n) is 19.0. The number of aliphatic hydroxyl groups excluding tert-OH is 1. The Morgan fingerprint density at radius 1 is 1.06 bits per heavy atom. The van der Waals surface area contributed by atoms with Crippen LogP contribution in [0.5, 0.6) is 0 Å². The van der Waals surface area contributed by atoms with Crippen molar-refractivity contribution in [2.75, 3.05) is 13.2 Å². The van der Waals surface area contributed by atoms with Crippen LogP contribution in [0.3, 0.4) is 0 Å². The summed E-state index contributed by atoms with van der Waals surface area (Å²) in [4.78, 5) is 19.6. The number of fused-ring (bicyclic) bond motifs is 2. The van der Waals surface area contributed by atoms with E-state index < -0.39 is 11.9 Å². The molecule has 5 aromatic rings. The first-order valence-corrected chi connectivity index (χ1v) is 11.9. The van der Waals surface area contributed by atoms with E-state index in [9.17, 15) is 14.3 Å². The summed E-state index contributed by atoms with van der Waals surface area (Å²) in [7, 11) is 0. The molecule has 1 atom stereocenters. The molecule has 36 heavy (non-hydrogen) atoms. The number of carbonyl (C=O) groups excluding carboxylic acids is 1. The first kappa shape index (κ1) is 22.5. The van der Waals surface area contributed by atoms with E-state index >= 15 is 0 Å². The predicted molar refractivity (Wildman–Crippen MR) is 135 cm³/mol. The monoisotopic (exact) mass is 501 g/mol. The molecule has 0 fully saturated rings. The Morgan fingerprint density at radius 2 is 1.89 bits per heavy atom. The van der Waals surface area contributed by atoms with Gasteiger partial charge in [0.25, 0.3) is 5.91 Å². The van der Waals surface area contributed by atoms with Crippen molar-refractivity contribution in [2.24, 2.45) is 0 Å². The van der Waals surface area contributed by atoms with Crippen LogP contribution in [-0.4, -0.2) is 48.8 Å².